The number of anilines is 2. The maximum absolute atomic E-state index is 12.8. The molecule has 1 aliphatic heterocycles. The molecule has 13 heteroatoms. The minimum atomic E-state index is -4.58. The molecule has 0 unspecified atom stereocenters. The molecule has 0 saturated carbocycles. The van der Waals surface area contributed by atoms with Gasteiger partial charge in [0, 0.05) is 28.0 Å². The number of rotatable bonds is 7. The monoisotopic (exact) mass is 555 g/mol. The minimum Gasteiger partial charge on any atom is -0.479 e. The Balaban J connectivity index is 1.62. The van der Waals surface area contributed by atoms with E-state index in [0.717, 1.165) is 18.9 Å². The molecule has 2 heterocycles. The quantitative estimate of drug-likeness (QED) is 0.389. The number of halogens is 4. The van der Waals surface area contributed by atoms with Gasteiger partial charge in [0.15, 0.2) is 6.10 Å². The molecule has 0 aliphatic carbocycles. The molecule has 1 saturated heterocycles. The lowest BCUT2D eigenvalue weighted by Crippen LogP contribution is -2.47. The van der Waals surface area contributed by atoms with Crippen LogP contribution in [-0.2, 0) is 14.5 Å². The van der Waals surface area contributed by atoms with Crippen LogP contribution < -0.4 is 15.4 Å². The highest BCUT2D eigenvalue weighted by Gasteiger charge is 2.38. The van der Waals surface area contributed by atoms with Crippen molar-refractivity contribution in [1.82, 2.24) is 15.3 Å². The molecule has 1 aromatic heterocycles. The van der Waals surface area contributed by atoms with Crippen molar-refractivity contribution < 1.29 is 26.9 Å². The first-order valence-corrected chi connectivity index (χ1v) is 13.7. The van der Waals surface area contributed by atoms with E-state index in [1.807, 2.05) is 18.3 Å². The number of alkyl halides is 3. The lowest BCUT2D eigenvalue weighted by atomic mass is 10.1. The van der Waals surface area contributed by atoms with Crippen LogP contribution in [0.3, 0.4) is 0 Å². The van der Waals surface area contributed by atoms with Crippen LogP contribution in [0.25, 0.3) is 10.9 Å². The van der Waals surface area contributed by atoms with Crippen molar-refractivity contribution in [2.75, 3.05) is 16.8 Å². The predicted octanol–water partition coefficient (Wildman–Crippen LogP) is 5.67. The summed E-state index contributed by atoms with van der Waals surface area (Å²) < 4.78 is 61.2. The number of amides is 1. The van der Waals surface area contributed by atoms with Gasteiger partial charge in [-0.05, 0) is 57.0 Å². The van der Waals surface area contributed by atoms with E-state index in [-0.39, 0.29) is 5.75 Å². The normalized spacial score (nSPS) is 16.4. The summed E-state index contributed by atoms with van der Waals surface area (Å²) in [4.78, 5) is 21.0. The van der Waals surface area contributed by atoms with Crippen molar-refractivity contribution in [3.63, 3.8) is 0 Å². The Morgan fingerprint density at radius 2 is 1.92 bits per heavy atom. The van der Waals surface area contributed by atoms with Crippen molar-refractivity contribution in [2.45, 2.75) is 45.5 Å². The van der Waals surface area contributed by atoms with Gasteiger partial charge >= 0.3 is 6.18 Å². The highest BCUT2D eigenvalue weighted by Crippen LogP contribution is 2.35. The third-order valence-electron chi connectivity index (χ3n) is 5.84. The Labute approximate surface area is 217 Å². The van der Waals surface area contributed by atoms with Gasteiger partial charge in [-0.1, -0.05) is 11.6 Å². The van der Waals surface area contributed by atoms with Crippen molar-refractivity contribution in [1.29, 1.82) is 0 Å². The number of nitrogens with zero attached hydrogens (tertiary/aromatic N) is 3. The number of nitrogens with one attached hydrogen (secondary N) is 2. The van der Waals surface area contributed by atoms with E-state index in [4.69, 9.17) is 16.3 Å². The van der Waals surface area contributed by atoms with Crippen LogP contribution in [0.1, 0.15) is 25.8 Å². The van der Waals surface area contributed by atoms with Gasteiger partial charge < -0.3 is 15.4 Å². The first-order chi connectivity index (χ1) is 17.3. The first kappa shape index (κ1) is 26.9. The number of carbonyl (C=O) groups is 1. The standard InChI is InChI=1S/C24H25ClF3N5O3S/c1-13-9-17(33-37(35)7-4-8-37)11-19-21(13)22(30-12-29-19)32-18-6-5-16(25)10-20(18)36-14(2)23(34)31-15(3)24(26,27)28/h5-6,9-12,14-15H,4,7-8H2,1-3H3,(H,31,34)(H,29,30,32)/t14-,15-/m1/s1. The molecule has 0 bridgehead atoms. The molecule has 4 rings (SSSR count). The number of ether oxygens (including phenoxy) is 1. The summed E-state index contributed by atoms with van der Waals surface area (Å²) in [5.41, 5.74) is 2.36. The fourth-order valence-corrected chi connectivity index (χ4v) is 5.29. The van der Waals surface area contributed by atoms with Crippen molar-refractivity contribution in [2.24, 2.45) is 4.36 Å². The zero-order valence-electron chi connectivity index (χ0n) is 20.2. The Morgan fingerprint density at radius 1 is 1.19 bits per heavy atom. The Bertz CT molecular complexity index is 1460. The number of aromatic nitrogens is 2. The fraction of sp³-hybridized carbons (Fsp3) is 0.375. The van der Waals surface area contributed by atoms with Crippen LogP contribution >= 0.6 is 11.6 Å². The Kier molecular flexibility index (Phi) is 7.52. The average Bonchev–Trinajstić information content (AvgIpc) is 2.79. The molecule has 0 radical (unpaired) electrons. The molecule has 8 nitrogen and oxygen atoms in total. The maximum Gasteiger partial charge on any atom is 0.408 e. The third kappa shape index (κ3) is 6.24. The maximum atomic E-state index is 12.8. The molecule has 3 aromatic rings. The van der Waals surface area contributed by atoms with Crippen LogP contribution in [0, 0.1) is 6.92 Å². The lowest BCUT2D eigenvalue weighted by Gasteiger charge is -2.22. The summed E-state index contributed by atoms with van der Waals surface area (Å²) in [6.45, 7) is 4.05. The summed E-state index contributed by atoms with van der Waals surface area (Å²) in [5.74, 6) is 0.821. The van der Waals surface area contributed by atoms with Gasteiger partial charge in [-0.15, -0.1) is 0 Å². The van der Waals surface area contributed by atoms with Crippen molar-refractivity contribution in [3.05, 3.63) is 47.2 Å². The number of fused-ring (bicyclic) bond motifs is 1. The van der Waals surface area contributed by atoms with Crippen LogP contribution in [0.5, 0.6) is 5.75 Å². The van der Waals surface area contributed by atoms with Gasteiger partial charge in [0.2, 0.25) is 0 Å². The molecular weight excluding hydrogens is 531 g/mol. The second kappa shape index (κ2) is 10.3. The Morgan fingerprint density at radius 3 is 2.57 bits per heavy atom. The number of benzene rings is 2. The highest BCUT2D eigenvalue weighted by atomic mass is 35.5. The second-order valence-corrected chi connectivity index (χ2v) is 11.8. The van der Waals surface area contributed by atoms with E-state index < -0.39 is 34.0 Å². The highest BCUT2D eigenvalue weighted by molar-refractivity contribution is 7.95. The lowest BCUT2D eigenvalue weighted by molar-refractivity contribution is -0.160. The SMILES string of the molecule is Cc1cc(N=S2(=O)CCC2)cc2ncnc(Nc3ccc(Cl)cc3O[C@H](C)C(=O)N[C@H](C)C(F)(F)F)c12. The number of aryl methyl sites for hydroxylation is 1. The molecule has 2 atom stereocenters. The molecule has 198 valence electrons. The molecule has 1 fully saturated rings. The van der Waals surface area contributed by atoms with Gasteiger partial charge in [-0.3, -0.25) is 4.79 Å². The van der Waals surface area contributed by atoms with E-state index in [2.05, 4.69) is 19.6 Å². The Hall–Kier alpha value is -3.12. The number of carbonyl (C=O) groups excluding carboxylic acids is 1. The van der Waals surface area contributed by atoms with E-state index in [1.165, 1.54) is 19.3 Å². The van der Waals surface area contributed by atoms with E-state index in [1.54, 1.807) is 18.2 Å². The molecule has 1 amide bonds. The van der Waals surface area contributed by atoms with Crippen LogP contribution in [0.2, 0.25) is 5.02 Å². The van der Waals surface area contributed by atoms with Crippen LogP contribution in [0.15, 0.2) is 41.0 Å². The summed E-state index contributed by atoms with van der Waals surface area (Å²) in [7, 11) is -2.19. The first-order valence-electron chi connectivity index (χ1n) is 11.4. The van der Waals surface area contributed by atoms with E-state index in [0.29, 0.717) is 44.6 Å². The molecule has 2 aromatic carbocycles. The average molecular weight is 556 g/mol. The van der Waals surface area contributed by atoms with E-state index >= 15 is 0 Å². The van der Waals surface area contributed by atoms with Gasteiger partial charge in [0.25, 0.3) is 5.91 Å². The number of hydrogen-bond donors (Lipinski definition) is 2. The zero-order chi connectivity index (χ0) is 27.0. The van der Waals surface area contributed by atoms with Crippen LogP contribution in [0.4, 0.5) is 30.4 Å². The predicted molar refractivity (Wildman–Crippen MR) is 137 cm³/mol. The van der Waals surface area contributed by atoms with Gasteiger partial charge in [-0.2, -0.15) is 17.5 Å². The van der Waals surface area contributed by atoms with Crippen LogP contribution in [-0.4, -0.2) is 49.9 Å². The van der Waals surface area contributed by atoms with Gasteiger partial charge in [-0.25, -0.2) is 14.2 Å². The molecule has 2 N–H and O–H groups in total. The fourth-order valence-electron chi connectivity index (χ4n) is 3.68. The van der Waals surface area contributed by atoms with Gasteiger partial charge in [0.1, 0.15) is 23.9 Å². The van der Waals surface area contributed by atoms with Crippen molar-refractivity contribution in [3.8, 4) is 5.75 Å². The summed E-state index contributed by atoms with van der Waals surface area (Å²) in [6, 6.07) is 6.17. The molecule has 1 aliphatic rings. The number of hydrogen-bond acceptors (Lipinski definition) is 7. The zero-order valence-corrected chi connectivity index (χ0v) is 21.8. The topological polar surface area (TPSA) is 106 Å². The van der Waals surface area contributed by atoms with Gasteiger partial charge in [0.05, 0.1) is 26.6 Å². The molecule has 0 spiro atoms. The minimum absolute atomic E-state index is 0.146. The molecule has 37 heavy (non-hydrogen) atoms. The van der Waals surface area contributed by atoms with Crippen molar-refractivity contribution >= 4 is 55.3 Å². The second-order valence-electron chi connectivity index (χ2n) is 8.80. The largest absolute Gasteiger partial charge is 0.479 e. The molecular formula is C24H25ClF3N5O3S. The van der Waals surface area contributed by atoms with E-state index in [9.17, 15) is 22.2 Å². The summed E-state index contributed by atoms with van der Waals surface area (Å²) in [5, 5.41) is 6.04. The summed E-state index contributed by atoms with van der Waals surface area (Å²) >= 11 is 6.12. The summed E-state index contributed by atoms with van der Waals surface area (Å²) in [6.07, 6.45) is -3.56. The smallest absolute Gasteiger partial charge is 0.408 e. The third-order valence-corrected chi connectivity index (χ3v) is 8.47.